The van der Waals surface area contributed by atoms with Gasteiger partial charge in [-0.1, -0.05) is 15.9 Å². The second-order valence-corrected chi connectivity index (χ2v) is 4.79. The minimum absolute atomic E-state index is 0.266. The van der Waals surface area contributed by atoms with E-state index in [1.807, 2.05) is 13.0 Å². The summed E-state index contributed by atoms with van der Waals surface area (Å²) in [6, 6.07) is 5.18. The average Bonchev–Trinajstić information content (AvgIpc) is 2.32. The van der Waals surface area contributed by atoms with Crippen LogP contribution in [-0.2, 0) is 9.59 Å². The number of hydrogen-bond donors (Lipinski definition) is 3. The summed E-state index contributed by atoms with van der Waals surface area (Å²) in [6.45, 7) is 1.11. The number of carboxylic acids is 1. The topological polar surface area (TPSA) is 95.5 Å². The predicted octanol–water partition coefficient (Wildman–Crippen LogP) is 0.688. The number of rotatable bonds is 5. The van der Waals surface area contributed by atoms with Gasteiger partial charge in [-0.3, -0.25) is 14.4 Å². The Bertz CT molecular complexity index is 496. The van der Waals surface area contributed by atoms with Gasteiger partial charge in [0.05, 0.1) is 6.54 Å². The average molecular weight is 329 g/mol. The fourth-order valence-corrected chi connectivity index (χ4v) is 1.97. The van der Waals surface area contributed by atoms with Gasteiger partial charge in [-0.25, -0.2) is 0 Å². The minimum atomic E-state index is -1.14. The highest BCUT2D eigenvalue weighted by molar-refractivity contribution is 9.10. The summed E-state index contributed by atoms with van der Waals surface area (Å²) in [5, 5.41) is 12.9. The maximum Gasteiger partial charge on any atom is 0.322 e. The van der Waals surface area contributed by atoms with E-state index in [0.29, 0.717) is 5.56 Å². The van der Waals surface area contributed by atoms with Crippen molar-refractivity contribution in [2.24, 2.45) is 0 Å². The van der Waals surface area contributed by atoms with Crippen molar-refractivity contribution < 1.29 is 19.5 Å². The molecule has 2 amide bonds. The Kier molecular flexibility index (Phi) is 5.50. The molecule has 0 radical (unpaired) electrons. The first-order chi connectivity index (χ1) is 8.88. The van der Waals surface area contributed by atoms with Crippen molar-refractivity contribution in [3.8, 4) is 0 Å². The quantitative estimate of drug-likeness (QED) is 0.741. The third kappa shape index (κ3) is 5.52. The fourth-order valence-electron chi connectivity index (χ4n) is 1.37. The lowest BCUT2D eigenvalue weighted by Gasteiger charge is -2.06. The molecule has 0 fully saturated rings. The molecule has 3 N–H and O–H groups in total. The molecule has 0 saturated heterocycles. The summed E-state index contributed by atoms with van der Waals surface area (Å²) in [6.07, 6.45) is 0. The zero-order chi connectivity index (χ0) is 14.4. The molecule has 0 aliphatic carbocycles. The summed E-state index contributed by atoms with van der Waals surface area (Å²) < 4.78 is 0.771. The van der Waals surface area contributed by atoms with Gasteiger partial charge in [-0.05, 0) is 30.7 Å². The summed E-state index contributed by atoms with van der Waals surface area (Å²) in [5.41, 5.74) is 1.34. The largest absolute Gasteiger partial charge is 0.480 e. The molecule has 1 aromatic rings. The molecular formula is C12H13BrN2O4. The molecule has 0 saturated carbocycles. The molecule has 0 heterocycles. The van der Waals surface area contributed by atoms with E-state index < -0.39 is 24.3 Å². The summed E-state index contributed by atoms with van der Waals surface area (Å²) in [7, 11) is 0. The summed E-state index contributed by atoms with van der Waals surface area (Å²) >= 11 is 3.28. The molecule has 0 aliphatic rings. The lowest BCUT2D eigenvalue weighted by Crippen LogP contribution is -2.39. The van der Waals surface area contributed by atoms with Gasteiger partial charge in [0.1, 0.15) is 6.54 Å². The molecule has 19 heavy (non-hydrogen) atoms. The van der Waals surface area contributed by atoms with Crippen LogP contribution in [0.4, 0.5) is 0 Å². The first kappa shape index (κ1) is 15.2. The second-order valence-electron chi connectivity index (χ2n) is 3.87. The Morgan fingerprint density at radius 1 is 1.16 bits per heavy atom. The van der Waals surface area contributed by atoms with Gasteiger partial charge in [0.2, 0.25) is 5.91 Å². The molecule has 102 valence electrons. The van der Waals surface area contributed by atoms with E-state index >= 15 is 0 Å². The van der Waals surface area contributed by atoms with Crippen molar-refractivity contribution in [3.63, 3.8) is 0 Å². The monoisotopic (exact) mass is 328 g/mol. The lowest BCUT2D eigenvalue weighted by molar-refractivity contribution is -0.137. The molecule has 1 aromatic carbocycles. The van der Waals surface area contributed by atoms with Crippen LogP contribution >= 0.6 is 15.9 Å². The molecule has 0 aromatic heterocycles. The number of carbonyl (C=O) groups excluding carboxylic acids is 2. The molecular weight excluding hydrogens is 316 g/mol. The van der Waals surface area contributed by atoms with Crippen LogP contribution in [0.15, 0.2) is 22.7 Å². The normalized spacial score (nSPS) is 9.79. The molecule has 0 spiro atoms. The van der Waals surface area contributed by atoms with Crippen molar-refractivity contribution in [2.75, 3.05) is 13.1 Å². The molecule has 0 aliphatic heterocycles. The first-order valence-corrected chi connectivity index (χ1v) is 6.21. The SMILES string of the molecule is Cc1cc(Br)cc(C(=O)NCC(=O)NCC(=O)O)c1. The Balaban J connectivity index is 2.51. The Morgan fingerprint density at radius 2 is 1.84 bits per heavy atom. The highest BCUT2D eigenvalue weighted by Gasteiger charge is 2.09. The van der Waals surface area contributed by atoms with Gasteiger partial charge >= 0.3 is 5.97 Å². The fraction of sp³-hybridized carbons (Fsp3) is 0.250. The molecule has 0 atom stereocenters. The third-order valence-corrected chi connectivity index (χ3v) is 2.61. The summed E-state index contributed by atoms with van der Waals surface area (Å²) in [5.74, 6) is -2.08. The molecule has 0 unspecified atom stereocenters. The predicted molar refractivity (Wildman–Crippen MR) is 71.9 cm³/mol. The van der Waals surface area contributed by atoms with E-state index in [-0.39, 0.29) is 6.54 Å². The number of benzene rings is 1. The van der Waals surface area contributed by atoms with Crippen LogP contribution in [-0.4, -0.2) is 36.0 Å². The number of amides is 2. The number of aliphatic carboxylic acids is 1. The van der Waals surface area contributed by atoms with E-state index in [2.05, 4.69) is 26.6 Å². The number of hydrogen-bond acceptors (Lipinski definition) is 3. The summed E-state index contributed by atoms with van der Waals surface area (Å²) in [4.78, 5) is 33.2. The van der Waals surface area contributed by atoms with Gasteiger partial charge in [0.25, 0.3) is 5.91 Å². The van der Waals surface area contributed by atoms with Crippen LogP contribution in [0.2, 0.25) is 0 Å². The van der Waals surface area contributed by atoms with Gasteiger partial charge in [-0.15, -0.1) is 0 Å². The van der Waals surface area contributed by atoms with Crippen LogP contribution in [0.25, 0.3) is 0 Å². The Labute approximate surface area is 118 Å². The zero-order valence-electron chi connectivity index (χ0n) is 10.2. The van der Waals surface area contributed by atoms with Gasteiger partial charge in [0.15, 0.2) is 0 Å². The van der Waals surface area contributed by atoms with Crippen LogP contribution in [0, 0.1) is 6.92 Å². The standard InChI is InChI=1S/C12H13BrN2O4/c1-7-2-8(4-9(13)3-7)12(19)15-5-10(16)14-6-11(17)18/h2-4H,5-6H2,1H3,(H,14,16)(H,15,19)(H,17,18). The van der Waals surface area contributed by atoms with Gasteiger partial charge in [-0.2, -0.15) is 0 Å². The van der Waals surface area contributed by atoms with Crippen molar-refractivity contribution in [1.82, 2.24) is 10.6 Å². The number of nitrogens with one attached hydrogen (secondary N) is 2. The lowest BCUT2D eigenvalue weighted by atomic mass is 10.1. The van der Waals surface area contributed by atoms with Crippen molar-refractivity contribution in [1.29, 1.82) is 0 Å². The number of carboxylic acid groups (broad SMARTS) is 1. The zero-order valence-corrected chi connectivity index (χ0v) is 11.8. The van der Waals surface area contributed by atoms with E-state index in [4.69, 9.17) is 5.11 Å². The highest BCUT2D eigenvalue weighted by atomic mass is 79.9. The van der Waals surface area contributed by atoms with Crippen LogP contribution in [0.3, 0.4) is 0 Å². The van der Waals surface area contributed by atoms with Crippen molar-refractivity contribution in [2.45, 2.75) is 6.92 Å². The second kappa shape index (κ2) is 6.89. The Hall–Kier alpha value is -1.89. The van der Waals surface area contributed by atoms with Crippen LogP contribution in [0.1, 0.15) is 15.9 Å². The van der Waals surface area contributed by atoms with Crippen LogP contribution < -0.4 is 10.6 Å². The van der Waals surface area contributed by atoms with E-state index in [1.54, 1.807) is 12.1 Å². The van der Waals surface area contributed by atoms with E-state index in [0.717, 1.165) is 10.0 Å². The van der Waals surface area contributed by atoms with E-state index in [1.165, 1.54) is 0 Å². The third-order valence-electron chi connectivity index (χ3n) is 2.15. The highest BCUT2D eigenvalue weighted by Crippen LogP contribution is 2.15. The number of aryl methyl sites for hydroxylation is 1. The Morgan fingerprint density at radius 3 is 2.42 bits per heavy atom. The van der Waals surface area contributed by atoms with Crippen LogP contribution in [0.5, 0.6) is 0 Å². The molecule has 7 heteroatoms. The molecule has 6 nitrogen and oxygen atoms in total. The number of halogens is 1. The van der Waals surface area contributed by atoms with E-state index in [9.17, 15) is 14.4 Å². The first-order valence-electron chi connectivity index (χ1n) is 5.42. The maximum absolute atomic E-state index is 11.8. The maximum atomic E-state index is 11.8. The van der Waals surface area contributed by atoms with Gasteiger partial charge < -0.3 is 15.7 Å². The minimum Gasteiger partial charge on any atom is -0.480 e. The molecule has 1 rings (SSSR count). The van der Waals surface area contributed by atoms with Gasteiger partial charge in [0, 0.05) is 10.0 Å². The van der Waals surface area contributed by atoms with Crippen molar-refractivity contribution in [3.05, 3.63) is 33.8 Å². The molecule has 0 bridgehead atoms. The van der Waals surface area contributed by atoms with Crippen molar-refractivity contribution >= 4 is 33.7 Å². The number of carbonyl (C=O) groups is 3. The smallest absolute Gasteiger partial charge is 0.322 e.